The third kappa shape index (κ3) is 2.53. The third-order valence-electron chi connectivity index (χ3n) is 2.33. The lowest BCUT2D eigenvalue weighted by Crippen LogP contribution is -2.01. The Morgan fingerprint density at radius 1 is 1.38 bits per heavy atom. The van der Waals surface area contributed by atoms with Crippen molar-refractivity contribution in [3.05, 3.63) is 30.5 Å². The van der Waals surface area contributed by atoms with Crippen LogP contribution in [0.4, 0.5) is 0 Å². The second-order valence-corrected chi connectivity index (χ2v) is 3.57. The Balaban J connectivity index is 1.91. The molecule has 1 aromatic heterocycles. The number of ether oxygens (including phenoxy) is 1. The Kier molecular flexibility index (Phi) is 3.10. The van der Waals surface area contributed by atoms with Gasteiger partial charge in [-0.05, 0) is 30.7 Å². The Labute approximate surface area is 92.9 Å². The summed E-state index contributed by atoms with van der Waals surface area (Å²) in [5.41, 5.74) is 1.07. The molecule has 0 saturated heterocycles. The Morgan fingerprint density at radius 2 is 2.25 bits per heavy atom. The number of aliphatic carboxylic acids is 1. The van der Waals surface area contributed by atoms with E-state index >= 15 is 0 Å². The quantitative estimate of drug-likeness (QED) is 0.759. The summed E-state index contributed by atoms with van der Waals surface area (Å²) in [6.45, 7) is 0.433. The van der Waals surface area contributed by atoms with Gasteiger partial charge < -0.3 is 14.8 Å². The maximum Gasteiger partial charge on any atom is 0.303 e. The molecule has 0 radical (unpaired) electrons. The molecule has 0 amide bonds. The van der Waals surface area contributed by atoms with Crippen molar-refractivity contribution in [3.63, 3.8) is 0 Å². The van der Waals surface area contributed by atoms with Crippen molar-refractivity contribution < 1.29 is 14.6 Å². The number of aromatic nitrogens is 1. The van der Waals surface area contributed by atoms with Crippen LogP contribution in [0.5, 0.6) is 5.75 Å². The monoisotopic (exact) mass is 219 g/mol. The fourth-order valence-corrected chi connectivity index (χ4v) is 1.53. The molecule has 0 aliphatic carbocycles. The van der Waals surface area contributed by atoms with Crippen LogP contribution in [0.1, 0.15) is 12.8 Å². The molecule has 0 unspecified atom stereocenters. The van der Waals surface area contributed by atoms with E-state index in [1.807, 2.05) is 30.5 Å². The van der Waals surface area contributed by atoms with E-state index in [-0.39, 0.29) is 6.42 Å². The molecule has 16 heavy (non-hydrogen) atoms. The van der Waals surface area contributed by atoms with Gasteiger partial charge in [0, 0.05) is 23.5 Å². The minimum absolute atomic E-state index is 0.145. The zero-order valence-corrected chi connectivity index (χ0v) is 8.77. The van der Waals surface area contributed by atoms with Gasteiger partial charge in [-0.15, -0.1) is 0 Å². The van der Waals surface area contributed by atoms with Crippen LogP contribution in [0.2, 0.25) is 0 Å². The normalized spacial score (nSPS) is 10.5. The molecule has 2 aromatic rings. The van der Waals surface area contributed by atoms with Crippen molar-refractivity contribution >= 4 is 16.9 Å². The molecular weight excluding hydrogens is 206 g/mol. The highest BCUT2D eigenvalue weighted by molar-refractivity contribution is 5.80. The molecule has 0 aliphatic rings. The molecule has 1 aromatic carbocycles. The molecule has 2 rings (SSSR count). The van der Waals surface area contributed by atoms with Gasteiger partial charge in [0.15, 0.2) is 0 Å². The van der Waals surface area contributed by atoms with Crippen LogP contribution in [-0.4, -0.2) is 22.7 Å². The van der Waals surface area contributed by atoms with Crippen molar-refractivity contribution in [2.75, 3.05) is 6.61 Å². The number of carbonyl (C=O) groups is 1. The third-order valence-corrected chi connectivity index (χ3v) is 2.33. The standard InChI is InChI=1S/C12H13NO3/c14-12(15)2-1-7-16-10-3-4-11-9(8-10)5-6-13-11/h3-6,8,13H,1-2,7H2,(H,14,15). The predicted octanol–water partition coefficient (Wildman–Crippen LogP) is 2.41. The summed E-state index contributed by atoms with van der Waals surface area (Å²) in [7, 11) is 0. The molecule has 2 N–H and O–H groups in total. The van der Waals surface area contributed by atoms with Crippen molar-refractivity contribution in [2.45, 2.75) is 12.8 Å². The minimum atomic E-state index is -0.787. The molecule has 0 fully saturated rings. The van der Waals surface area contributed by atoms with Crippen LogP contribution < -0.4 is 4.74 Å². The number of nitrogens with one attached hydrogen (secondary N) is 1. The molecule has 0 spiro atoms. The lowest BCUT2D eigenvalue weighted by atomic mass is 10.2. The molecule has 0 bridgehead atoms. The number of aromatic amines is 1. The van der Waals surface area contributed by atoms with E-state index in [0.29, 0.717) is 13.0 Å². The first-order valence-corrected chi connectivity index (χ1v) is 5.17. The Hall–Kier alpha value is -1.97. The van der Waals surface area contributed by atoms with Gasteiger partial charge in [0.2, 0.25) is 0 Å². The van der Waals surface area contributed by atoms with E-state index in [1.165, 1.54) is 0 Å². The summed E-state index contributed by atoms with van der Waals surface area (Å²) in [5.74, 6) is -0.0119. The largest absolute Gasteiger partial charge is 0.494 e. The molecule has 0 saturated carbocycles. The van der Waals surface area contributed by atoms with Crippen LogP contribution in [0.25, 0.3) is 10.9 Å². The number of hydrogen-bond donors (Lipinski definition) is 2. The zero-order chi connectivity index (χ0) is 11.4. The van der Waals surface area contributed by atoms with Crippen molar-refractivity contribution in [3.8, 4) is 5.75 Å². The van der Waals surface area contributed by atoms with E-state index in [9.17, 15) is 4.79 Å². The molecule has 0 atom stereocenters. The molecule has 84 valence electrons. The average Bonchev–Trinajstić information content (AvgIpc) is 2.71. The van der Waals surface area contributed by atoms with Gasteiger partial charge in [-0.2, -0.15) is 0 Å². The van der Waals surface area contributed by atoms with Gasteiger partial charge in [-0.3, -0.25) is 4.79 Å². The van der Waals surface area contributed by atoms with Crippen molar-refractivity contribution in [1.82, 2.24) is 4.98 Å². The fraction of sp³-hybridized carbons (Fsp3) is 0.250. The molecule has 0 aliphatic heterocycles. The Bertz CT molecular complexity index is 490. The van der Waals surface area contributed by atoms with Gasteiger partial charge in [0.05, 0.1) is 6.61 Å². The van der Waals surface area contributed by atoms with Crippen LogP contribution in [0.15, 0.2) is 30.5 Å². The second kappa shape index (κ2) is 4.70. The summed E-state index contributed by atoms with van der Waals surface area (Å²) in [6.07, 6.45) is 2.55. The first-order chi connectivity index (χ1) is 7.75. The van der Waals surface area contributed by atoms with Gasteiger partial charge in [0.1, 0.15) is 5.75 Å². The molecule has 1 heterocycles. The summed E-state index contributed by atoms with van der Waals surface area (Å²) >= 11 is 0. The topological polar surface area (TPSA) is 62.3 Å². The number of fused-ring (bicyclic) bond motifs is 1. The van der Waals surface area contributed by atoms with Crippen LogP contribution in [0.3, 0.4) is 0 Å². The van der Waals surface area contributed by atoms with Crippen LogP contribution in [-0.2, 0) is 4.79 Å². The second-order valence-electron chi connectivity index (χ2n) is 3.57. The van der Waals surface area contributed by atoms with Crippen LogP contribution in [0, 0.1) is 0 Å². The molecule has 4 nitrogen and oxygen atoms in total. The molecular formula is C12H13NO3. The maximum atomic E-state index is 10.3. The zero-order valence-electron chi connectivity index (χ0n) is 8.77. The fourth-order valence-electron chi connectivity index (χ4n) is 1.53. The minimum Gasteiger partial charge on any atom is -0.494 e. The highest BCUT2D eigenvalue weighted by Gasteiger charge is 1.99. The smallest absolute Gasteiger partial charge is 0.303 e. The summed E-state index contributed by atoms with van der Waals surface area (Å²) in [4.78, 5) is 13.4. The SMILES string of the molecule is O=C(O)CCCOc1ccc2[nH]ccc2c1. The van der Waals surface area contributed by atoms with E-state index in [2.05, 4.69) is 4.98 Å². The average molecular weight is 219 g/mol. The van der Waals surface area contributed by atoms with E-state index < -0.39 is 5.97 Å². The number of carboxylic acid groups (broad SMARTS) is 1. The van der Waals surface area contributed by atoms with E-state index in [0.717, 1.165) is 16.7 Å². The maximum absolute atomic E-state index is 10.3. The summed E-state index contributed by atoms with van der Waals surface area (Å²) in [6, 6.07) is 7.73. The van der Waals surface area contributed by atoms with Gasteiger partial charge in [-0.1, -0.05) is 0 Å². The van der Waals surface area contributed by atoms with E-state index in [4.69, 9.17) is 9.84 Å². The summed E-state index contributed by atoms with van der Waals surface area (Å²) < 4.78 is 5.46. The van der Waals surface area contributed by atoms with Crippen molar-refractivity contribution in [1.29, 1.82) is 0 Å². The number of rotatable bonds is 5. The number of H-pyrrole nitrogens is 1. The number of benzene rings is 1. The van der Waals surface area contributed by atoms with E-state index in [1.54, 1.807) is 0 Å². The lowest BCUT2D eigenvalue weighted by molar-refractivity contribution is -0.137. The highest BCUT2D eigenvalue weighted by Crippen LogP contribution is 2.19. The highest BCUT2D eigenvalue weighted by atomic mass is 16.5. The van der Waals surface area contributed by atoms with Gasteiger partial charge in [0.25, 0.3) is 0 Å². The van der Waals surface area contributed by atoms with Crippen LogP contribution >= 0.6 is 0 Å². The van der Waals surface area contributed by atoms with Crippen molar-refractivity contribution in [2.24, 2.45) is 0 Å². The number of carboxylic acids is 1. The Morgan fingerprint density at radius 3 is 3.06 bits per heavy atom. The number of hydrogen-bond acceptors (Lipinski definition) is 2. The van der Waals surface area contributed by atoms with Gasteiger partial charge >= 0.3 is 5.97 Å². The first-order valence-electron chi connectivity index (χ1n) is 5.17. The first kappa shape index (κ1) is 10.5. The summed E-state index contributed by atoms with van der Waals surface area (Å²) in [5, 5.41) is 9.56. The lowest BCUT2D eigenvalue weighted by Gasteiger charge is -2.04. The predicted molar refractivity (Wildman–Crippen MR) is 60.7 cm³/mol. The van der Waals surface area contributed by atoms with Gasteiger partial charge in [-0.25, -0.2) is 0 Å². The molecule has 4 heteroatoms.